The van der Waals surface area contributed by atoms with Gasteiger partial charge in [0.05, 0.1) is 12.0 Å². The molecule has 1 aromatic rings. The molecule has 0 amide bonds. The van der Waals surface area contributed by atoms with Gasteiger partial charge in [-0.05, 0) is 18.2 Å². The highest BCUT2D eigenvalue weighted by Crippen LogP contribution is 2.50. The predicted octanol–water partition coefficient (Wildman–Crippen LogP) is 2.18. The molecular weight excluding hydrogens is 148 g/mol. The Morgan fingerprint density at radius 2 is 2.50 bits per heavy atom. The summed E-state index contributed by atoms with van der Waals surface area (Å²) in [5.74, 6) is 0.735. The Morgan fingerprint density at radius 1 is 1.75 bits per heavy atom. The molecule has 2 heteroatoms. The monoisotopic (exact) mass is 166 g/mol. The summed E-state index contributed by atoms with van der Waals surface area (Å²) in [6.07, 6.45) is 5.03. The molecule has 1 aliphatic rings. The normalized spacial score (nSPS) is 30.1. The van der Waals surface area contributed by atoms with Crippen molar-refractivity contribution in [3.8, 4) is 0 Å². The second-order valence-corrected chi connectivity index (χ2v) is 3.99. The lowest BCUT2D eigenvalue weighted by atomic mass is 10.1. The summed E-state index contributed by atoms with van der Waals surface area (Å²) in [6, 6.07) is 0. The molecule has 0 aromatic carbocycles. The molecule has 12 heavy (non-hydrogen) atoms. The SMILES string of the molecule is [3H]C(C)(C)C1CC1c1cn(C)cn1. The molecule has 1 fully saturated rings. The zero-order valence-electron chi connectivity index (χ0n) is 8.91. The van der Waals surface area contributed by atoms with E-state index in [2.05, 4.69) is 11.2 Å². The molecule has 1 aliphatic carbocycles. The summed E-state index contributed by atoms with van der Waals surface area (Å²) in [7, 11) is 1.99. The Hall–Kier alpha value is -0.790. The molecule has 66 valence electrons. The van der Waals surface area contributed by atoms with Gasteiger partial charge in [0.1, 0.15) is 0 Å². The van der Waals surface area contributed by atoms with Gasteiger partial charge in [0.2, 0.25) is 0 Å². The minimum atomic E-state index is -0.303. The van der Waals surface area contributed by atoms with Crippen LogP contribution < -0.4 is 0 Å². The van der Waals surface area contributed by atoms with Crippen molar-refractivity contribution in [3.63, 3.8) is 0 Å². The highest BCUT2D eigenvalue weighted by atomic mass is 15.0. The Morgan fingerprint density at radius 3 is 2.92 bits per heavy atom. The van der Waals surface area contributed by atoms with Crippen molar-refractivity contribution in [2.24, 2.45) is 18.9 Å². The Balaban J connectivity index is 2.08. The smallest absolute Gasteiger partial charge is 0.0946 e. The first-order valence-corrected chi connectivity index (χ1v) is 4.46. The Kier molecular flexibility index (Phi) is 1.46. The summed E-state index contributed by atoms with van der Waals surface area (Å²) in [5.41, 5.74) is 1.16. The molecule has 1 saturated carbocycles. The van der Waals surface area contributed by atoms with Crippen molar-refractivity contribution in [1.29, 1.82) is 0 Å². The molecule has 2 nitrogen and oxygen atoms in total. The van der Waals surface area contributed by atoms with Crippen molar-refractivity contribution in [1.82, 2.24) is 9.55 Å². The number of hydrogen-bond acceptors (Lipinski definition) is 1. The molecule has 2 rings (SSSR count). The van der Waals surface area contributed by atoms with E-state index in [1.54, 1.807) is 0 Å². The molecule has 0 bridgehead atoms. The van der Waals surface area contributed by atoms with Crippen molar-refractivity contribution < 1.29 is 1.37 Å². The molecule has 0 spiro atoms. The summed E-state index contributed by atoms with van der Waals surface area (Å²) in [6.45, 7) is 3.97. The molecule has 0 N–H and O–H groups in total. The van der Waals surface area contributed by atoms with Crippen molar-refractivity contribution in [2.75, 3.05) is 0 Å². The fourth-order valence-electron chi connectivity index (χ4n) is 1.78. The molecule has 2 atom stereocenters. The van der Waals surface area contributed by atoms with Crippen LogP contribution in [0.5, 0.6) is 0 Å². The highest BCUT2D eigenvalue weighted by molar-refractivity contribution is 5.15. The largest absolute Gasteiger partial charge is 0.340 e. The van der Waals surface area contributed by atoms with Gasteiger partial charge >= 0.3 is 0 Å². The Labute approximate surface area is 75.0 Å². The van der Waals surface area contributed by atoms with Crippen LogP contribution in [0.15, 0.2) is 12.5 Å². The highest BCUT2D eigenvalue weighted by Gasteiger charge is 2.41. The van der Waals surface area contributed by atoms with E-state index in [1.807, 2.05) is 31.8 Å². The van der Waals surface area contributed by atoms with Crippen LogP contribution >= 0.6 is 0 Å². The number of imidazole rings is 1. The molecular formula is C10H16N2. The third-order valence-corrected chi connectivity index (χ3v) is 2.64. The first kappa shape index (κ1) is 6.70. The van der Waals surface area contributed by atoms with Gasteiger partial charge in [0.15, 0.2) is 0 Å². The van der Waals surface area contributed by atoms with E-state index < -0.39 is 0 Å². The fraction of sp³-hybridized carbons (Fsp3) is 0.700. The topological polar surface area (TPSA) is 17.8 Å². The maximum absolute atomic E-state index is 7.90. The molecule has 0 radical (unpaired) electrons. The molecule has 2 unspecified atom stereocenters. The van der Waals surface area contributed by atoms with Crippen LogP contribution in [0.4, 0.5) is 0 Å². The lowest BCUT2D eigenvalue weighted by Gasteiger charge is -1.99. The zero-order chi connectivity index (χ0) is 9.64. The summed E-state index contributed by atoms with van der Waals surface area (Å²) < 4.78 is 9.87. The van der Waals surface area contributed by atoms with Gasteiger partial charge in [0.25, 0.3) is 0 Å². The van der Waals surface area contributed by atoms with E-state index in [1.165, 1.54) is 0 Å². The average Bonchev–Trinajstić information content (AvgIpc) is 2.69. The first-order valence-electron chi connectivity index (χ1n) is 4.96. The standard InChI is InChI=1S/C10H16N2/c1-7(2)8-4-9(8)10-5-12(3)6-11-10/h5-9H,4H2,1-3H3/i7T. The lowest BCUT2D eigenvalue weighted by molar-refractivity contribution is 0.546. The van der Waals surface area contributed by atoms with Crippen molar-refractivity contribution >= 4 is 0 Å². The molecule has 1 aromatic heterocycles. The van der Waals surface area contributed by atoms with E-state index in [9.17, 15) is 0 Å². The van der Waals surface area contributed by atoms with Gasteiger partial charge in [-0.1, -0.05) is 13.8 Å². The van der Waals surface area contributed by atoms with E-state index in [-0.39, 0.29) is 5.89 Å². The number of aryl methyl sites for hydroxylation is 1. The maximum Gasteiger partial charge on any atom is 0.0946 e. The van der Waals surface area contributed by atoms with E-state index in [0.717, 1.165) is 12.1 Å². The first-order chi connectivity index (χ1) is 5.98. The third kappa shape index (κ3) is 1.26. The average molecular weight is 166 g/mol. The van der Waals surface area contributed by atoms with Gasteiger partial charge < -0.3 is 4.57 Å². The second-order valence-electron chi connectivity index (χ2n) is 3.99. The van der Waals surface area contributed by atoms with Crippen molar-refractivity contribution in [2.45, 2.75) is 26.2 Å². The van der Waals surface area contributed by atoms with Crippen LogP contribution in [0.1, 0.15) is 33.3 Å². The minimum absolute atomic E-state index is 0.303. The van der Waals surface area contributed by atoms with E-state index >= 15 is 0 Å². The number of nitrogens with zero attached hydrogens (tertiary/aromatic N) is 2. The van der Waals surface area contributed by atoms with Crippen LogP contribution in [0.25, 0.3) is 0 Å². The zero-order valence-corrected chi connectivity index (χ0v) is 7.91. The Bertz CT molecular complexity index is 311. The number of aromatic nitrogens is 2. The second kappa shape index (κ2) is 2.61. The van der Waals surface area contributed by atoms with E-state index in [0.29, 0.717) is 11.8 Å². The quantitative estimate of drug-likeness (QED) is 0.658. The molecule has 1 heterocycles. The third-order valence-electron chi connectivity index (χ3n) is 2.64. The number of rotatable bonds is 2. The van der Waals surface area contributed by atoms with Gasteiger partial charge in [0, 0.05) is 20.5 Å². The van der Waals surface area contributed by atoms with Gasteiger partial charge in [-0.25, -0.2) is 4.98 Å². The van der Waals surface area contributed by atoms with Crippen LogP contribution in [0.3, 0.4) is 0 Å². The predicted molar refractivity (Wildman–Crippen MR) is 48.9 cm³/mol. The van der Waals surface area contributed by atoms with Crippen LogP contribution in [-0.2, 0) is 7.05 Å². The van der Waals surface area contributed by atoms with Gasteiger partial charge in [-0.3, -0.25) is 0 Å². The molecule has 0 aliphatic heterocycles. The van der Waals surface area contributed by atoms with Gasteiger partial charge in [-0.2, -0.15) is 0 Å². The summed E-state index contributed by atoms with van der Waals surface area (Å²) in [4.78, 5) is 4.32. The fourth-order valence-corrected chi connectivity index (χ4v) is 1.78. The maximum atomic E-state index is 7.90. The summed E-state index contributed by atoms with van der Waals surface area (Å²) >= 11 is 0. The molecule has 0 saturated heterocycles. The lowest BCUT2D eigenvalue weighted by Crippen LogP contribution is -1.92. The van der Waals surface area contributed by atoms with Crippen LogP contribution in [0, 0.1) is 11.8 Å². The van der Waals surface area contributed by atoms with E-state index in [4.69, 9.17) is 1.37 Å². The van der Waals surface area contributed by atoms with Gasteiger partial charge in [-0.15, -0.1) is 0 Å². The minimum Gasteiger partial charge on any atom is -0.340 e. The van der Waals surface area contributed by atoms with Crippen LogP contribution in [-0.4, -0.2) is 9.55 Å². The summed E-state index contributed by atoms with van der Waals surface area (Å²) in [5, 5.41) is 0. The van der Waals surface area contributed by atoms with Crippen molar-refractivity contribution in [3.05, 3.63) is 18.2 Å². The number of hydrogen-bond donors (Lipinski definition) is 0. The van der Waals surface area contributed by atoms with Crippen LogP contribution in [0.2, 0.25) is 0 Å².